The molecule has 1 heterocycles. The molecule has 4 nitrogen and oxygen atoms in total. The maximum atomic E-state index is 11.5. The van der Waals surface area contributed by atoms with E-state index in [-0.39, 0.29) is 0 Å². The topological polar surface area (TPSA) is 52.3 Å². The number of carbonyl (C=O) groups is 1. The Bertz CT molecular complexity index is 837. The van der Waals surface area contributed by atoms with E-state index in [9.17, 15) is 4.79 Å². The molecule has 0 atom stereocenters. The molecule has 0 spiro atoms. The number of ether oxygens (including phenoxy) is 1. The fourth-order valence-electron chi connectivity index (χ4n) is 2.20. The van der Waals surface area contributed by atoms with E-state index >= 15 is 0 Å². The Balaban J connectivity index is 2.03. The lowest BCUT2D eigenvalue weighted by molar-refractivity contribution is -0.129. The Kier molecular flexibility index (Phi) is 4.48. The number of hydrogen-bond acceptors (Lipinski definition) is 5. The number of esters is 1. The SMILES string of the molecule is C=CC(=O)Oc1cc(-c2nc3ccccc3o2)ccc1CSC. The molecule has 0 N–H and O–H groups in total. The second-order valence-electron chi connectivity index (χ2n) is 4.87. The minimum atomic E-state index is -0.484. The zero-order valence-corrected chi connectivity index (χ0v) is 13.4. The Morgan fingerprint density at radius 3 is 2.91 bits per heavy atom. The van der Waals surface area contributed by atoms with Gasteiger partial charge in [0.25, 0.3) is 0 Å². The summed E-state index contributed by atoms with van der Waals surface area (Å²) in [4.78, 5) is 16.0. The lowest BCUT2D eigenvalue weighted by Gasteiger charge is -2.09. The molecule has 23 heavy (non-hydrogen) atoms. The Hall–Kier alpha value is -2.53. The Labute approximate surface area is 138 Å². The first-order chi connectivity index (χ1) is 11.2. The highest BCUT2D eigenvalue weighted by atomic mass is 32.2. The maximum Gasteiger partial charge on any atom is 0.335 e. The number of hydrogen-bond donors (Lipinski definition) is 0. The van der Waals surface area contributed by atoms with Gasteiger partial charge in [-0.05, 0) is 30.5 Å². The van der Waals surface area contributed by atoms with Crippen molar-refractivity contribution in [2.24, 2.45) is 0 Å². The lowest BCUT2D eigenvalue weighted by atomic mass is 10.1. The molecule has 2 aromatic carbocycles. The van der Waals surface area contributed by atoms with Crippen LogP contribution in [0.15, 0.2) is 59.5 Å². The number of thioether (sulfide) groups is 1. The van der Waals surface area contributed by atoms with Gasteiger partial charge in [-0.1, -0.05) is 24.8 Å². The quantitative estimate of drug-likeness (QED) is 0.394. The summed E-state index contributed by atoms with van der Waals surface area (Å²) in [6.07, 6.45) is 3.14. The molecule has 0 radical (unpaired) electrons. The molecule has 0 aliphatic carbocycles. The molecule has 5 heteroatoms. The van der Waals surface area contributed by atoms with Gasteiger partial charge in [0.05, 0.1) is 0 Å². The van der Waals surface area contributed by atoms with Crippen LogP contribution in [0.5, 0.6) is 5.75 Å². The summed E-state index contributed by atoms with van der Waals surface area (Å²) in [7, 11) is 0. The first-order valence-corrected chi connectivity index (χ1v) is 8.42. The van der Waals surface area contributed by atoms with E-state index in [4.69, 9.17) is 9.15 Å². The lowest BCUT2D eigenvalue weighted by Crippen LogP contribution is -2.05. The van der Waals surface area contributed by atoms with Gasteiger partial charge in [-0.2, -0.15) is 11.8 Å². The molecule has 0 saturated heterocycles. The van der Waals surface area contributed by atoms with Gasteiger partial charge in [-0.3, -0.25) is 0 Å². The van der Waals surface area contributed by atoms with Gasteiger partial charge in [0.1, 0.15) is 11.3 Å². The predicted octanol–water partition coefficient (Wildman–Crippen LogP) is 4.45. The summed E-state index contributed by atoms with van der Waals surface area (Å²) in [5.41, 5.74) is 3.21. The van der Waals surface area contributed by atoms with E-state index in [0.717, 1.165) is 34.1 Å². The van der Waals surface area contributed by atoms with Crippen LogP contribution in [0.4, 0.5) is 0 Å². The summed E-state index contributed by atoms with van der Waals surface area (Å²) in [5, 5.41) is 0. The van der Waals surface area contributed by atoms with Crippen LogP contribution in [0, 0.1) is 0 Å². The molecule has 3 rings (SSSR count). The second kappa shape index (κ2) is 6.71. The van der Waals surface area contributed by atoms with Gasteiger partial charge < -0.3 is 9.15 Å². The molecule has 0 aliphatic rings. The number of para-hydroxylation sites is 2. The van der Waals surface area contributed by atoms with Gasteiger partial charge in [0.15, 0.2) is 5.58 Å². The average Bonchev–Trinajstić information content (AvgIpc) is 3.00. The van der Waals surface area contributed by atoms with E-state index < -0.39 is 5.97 Å². The number of rotatable bonds is 5. The predicted molar refractivity (Wildman–Crippen MR) is 92.5 cm³/mol. The van der Waals surface area contributed by atoms with Crippen molar-refractivity contribution < 1.29 is 13.9 Å². The molecule has 0 unspecified atom stereocenters. The van der Waals surface area contributed by atoms with Crippen molar-refractivity contribution in [3.05, 3.63) is 60.7 Å². The van der Waals surface area contributed by atoms with Crippen LogP contribution in [-0.2, 0) is 10.5 Å². The highest BCUT2D eigenvalue weighted by molar-refractivity contribution is 7.97. The average molecular weight is 325 g/mol. The molecule has 0 fully saturated rings. The number of oxazole rings is 1. The first kappa shape index (κ1) is 15.4. The van der Waals surface area contributed by atoms with E-state index in [2.05, 4.69) is 11.6 Å². The Morgan fingerprint density at radius 2 is 2.17 bits per heavy atom. The van der Waals surface area contributed by atoms with E-state index in [1.54, 1.807) is 17.8 Å². The molecule has 0 amide bonds. The summed E-state index contributed by atoms with van der Waals surface area (Å²) in [6.45, 7) is 3.43. The standard InChI is InChI=1S/C18H15NO3S/c1-3-17(20)21-16-10-12(8-9-13(16)11-23-2)18-19-14-6-4-5-7-15(14)22-18/h3-10H,1,11H2,2H3. The van der Waals surface area contributed by atoms with Gasteiger partial charge in [-0.15, -0.1) is 0 Å². The number of carbonyl (C=O) groups excluding carboxylic acids is 1. The van der Waals surface area contributed by atoms with Crippen molar-refractivity contribution in [1.82, 2.24) is 4.98 Å². The highest BCUT2D eigenvalue weighted by Gasteiger charge is 2.13. The van der Waals surface area contributed by atoms with E-state index in [0.29, 0.717) is 11.6 Å². The summed E-state index contributed by atoms with van der Waals surface area (Å²) < 4.78 is 11.1. The third kappa shape index (κ3) is 3.29. The monoisotopic (exact) mass is 325 g/mol. The number of benzene rings is 2. The van der Waals surface area contributed by atoms with Crippen molar-refractivity contribution in [2.45, 2.75) is 5.75 Å². The van der Waals surface area contributed by atoms with E-state index in [1.807, 2.05) is 42.7 Å². The molecule has 116 valence electrons. The first-order valence-electron chi connectivity index (χ1n) is 7.03. The van der Waals surface area contributed by atoms with Crippen LogP contribution < -0.4 is 4.74 Å². The van der Waals surface area contributed by atoms with Crippen molar-refractivity contribution in [3.63, 3.8) is 0 Å². The number of fused-ring (bicyclic) bond motifs is 1. The van der Waals surface area contributed by atoms with Crippen LogP contribution >= 0.6 is 11.8 Å². The fourth-order valence-corrected chi connectivity index (χ4v) is 2.75. The van der Waals surface area contributed by atoms with Crippen molar-refractivity contribution in [2.75, 3.05) is 6.26 Å². The number of aromatic nitrogens is 1. The largest absolute Gasteiger partial charge is 0.436 e. The van der Waals surface area contributed by atoms with Crippen LogP contribution in [0.3, 0.4) is 0 Å². The second-order valence-corrected chi connectivity index (χ2v) is 5.73. The zero-order chi connectivity index (χ0) is 16.2. The van der Waals surface area contributed by atoms with Gasteiger partial charge in [-0.25, -0.2) is 9.78 Å². The van der Waals surface area contributed by atoms with Gasteiger partial charge in [0, 0.05) is 23.0 Å². The highest BCUT2D eigenvalue weighted by Crippen LogP contribution is 2.31. The van der Waals surface area contributed by atoms with Crippen LogP contribution in [0.2, 0.25) is 0 Å². The summed E-state index contributed by atoms with van der Waals surface area (Å²) in [5.74, 6) is 1.26. The molecule has 0 aliphatic heterocycles. The third-order valence-corrected chi connectivity index (χ3v) is 3.88. The van der Waals surface area contributed by atoms with E-state index in [1.165, 1.54) is 0 Å². The maximum absolute atomic E-state index is 11.5. The van der Waals surface area contributed by atoms with Crippen molar-refractivity contribution in [1.29, 1.82) is 0 Å². The molecule has 1 aromatic heterocycles. The zero-order valence-electron chi connectivity index (χ0n) is 12.6. The molecule has 3 aromatic rings. The summed E-state index contributed by atoms with van der Waals surface area (Å²) in [6, 6.07) is 13.2. The minimum absolute atomic E-state index is 0.484. The molecular weight excluding hydrogens is 310 g/mol. The molecule has 0 bridgehead atoms. The fraction of sp³-hybridized carbons (Fsp3) is 0.111. The van der Waals surface area contributed by atoms with Crippen molar-refractivity contribution >= 4 is 28.8 Å². The van der Waals surface area contributed by atoms with Crippen LogP contribution in [-0.4, -0.2) is 17.2 Å². The number of nitrogens with zero attached hydrogens (tertiary/aromatic N) is 1. The smallest absolute Gasteiger partial charge is 0.335 e. The van der Waals surface area contributed by atoms with Gasteiger partial charge in [0.2, 0.25) is 5.89 Å². The third-order valence-electron chi connectivity index (χ3n) is 3.29. The van der Waals surface area contributed by atoms with Crippen molar-refractivity contribution in [3.8, 4) is 17.2 Å². The molecule has 0 saturated carbocycles. The minimum Gasteiger partial charge on any atom is -0.436 e. The van der Waals surface area contributed by atoms with Gasteiger partial charge >= 0.3 is 5.97 Å². The molecular formula is C18H15NO3S. The Morgan fingerprint density at radius 1 is 1.35 bits per heavy atom. The summed E-state index contributed by atoms with van der Waals surface area (Å²) >= 11 is 1.65. The van der Waals surface area contributed by atoms with Crippen LogP contribution in [0.25, 0.3) is 22.6 Å². The van der Waals surface area contributed by atoms with Crippen LogP contribution in [0.1, 0.15) is 5.56 Å². The normalized spacial score (nSPS) is 10.7.